The van der Waals surface area contributed by atoms with Crippen molar-refractivity contribution in [3.63, 3.8) is 0 Å². The molecule has 0 amide bonds. The second-order valence-electron chi connectivity index (χ2n) is 6.02. The number of hydrogen-bond acceptors (Lipinski definition) is 5. The van der Waals surface area contributed by atoms with Gasteiger partial charge in [0.25, 0.3) is 0 Å². The van der Waals surface area contributed by atoms with E-state index in [4.69, 9.17) is 5.26 Å². The number of pyridine rings is 1. The molecule has 0 saturated heterocycles. The van der Waals surface area contributed by atoms with Gasteiger partial charge in [0.1, 0.15) is 11.3 Å². The molecule has 6 heteroatoms. The van der Waals surface area contributed by atoms with Gasteiger partial charge >= 0.3 is 0 Å². The van der Waals surface area contributed by atoms with E-state index in [0.29, 0.717) is 13.1 Å². The Morgan fingerprint density at radius 1 is 1.28 bits per heavy atom. The Hall–Kier alpha value is -2.91. The van der Waals surface area contributed by atoms with E-state index in [2.05, 4.69) is 57.4 Å². The Bertz CT molecular complexity index is 921. The molecule has 1 aromatic carbocycles. The molecule has 0 saturated carbocycles. The van der Waals surface area contributed by atoms with Gasteiger partial charge in [0.15, 0.2) is 0 Å². The largest absolute Gasteiger partial charge is 0.334 e. The molecule has 0 atom stereocenters. The highest BCUT2D eigenvalue weighted by Crippen LogP contribution is 2.28. The van der Waals surface area contributed by atoms with Crippen LogP contribution in [0.4, 0.5) is 11.5 Å². The number of hydrogen-bond donors (Lipinski definition) is 1. The lowest BCUT2D eigenvalue weighted by Crippen LogP contribution is -2.15. The van der Waals surface area contributed by atoms with Crippen LogP contribution < -0.4 is 10.2 Å². The summed E-state index contributed by atoms with van der Waals surface area (Å²) in [5, 5.41) is 11.7. The molecule has 25 heavy (non-hydrogen) atoms. The summed E-state index contributed by atoms with van der Waals surface area (Å²) in [6, 6.07) is 10.6. The average Bonchev–Trinajstić information content (AvgIpc) is 3.01. The lowest BCUT2D eigenvalue weighted by molar-refractivity contribution is 0.764. The minimum Gasteiger partial charge on any atom is -0.334 e. The van der Waals surface area contributed by atoms with Gasteiger partial charge in [-0.25, -0.2) is 9.97 Å². The van der Waals surface area contributed by atoms with Gasteiger partial charge in [-0.2, -0.15) is 5.26 Å². The van der Waals surface area contributed by atoms with Crippen LogP contribution in [0.25, 0.3) is 11.0 Å². The number of nitriles is 1. The first-order valence-corrected chi connectivity index (χ1v) is 8.34. The number of fused-ring (bicyclic) bond motifs is 1. The van der Waals surface area contributed by atoms with Crippen LogP contribution in [0.2, 0.25) is 0 Å². The Morgan fingerprint density at radius 3 is 2.88 bits per heavy atom. The third-order valence-electron chi connectivity index (χ3n) is 4.36. The maximum Gasteiger partial charge on any atom is 0.134 e. The van der Waals surface area contributed by atoms with Crippen molar-refractivity contribution in [2.24, 2.45) is 7.05 Å². The second kappa shape index (κ2) is 7.32. The van der Waals surface area contributed by atoms with Crippen molar-refractivity contribution >= 4 is 22.5 Å². The summed E-state index contributed by atoms with van der Waals surface area (Å²) in [5.74, 6) is 0.890. The predicted octanol–water partition coefficient (Wildman–Crippen LogP) is 2.91. The zero-order valence-corrected chi connectivity index (χ0v) is 14.8. The van der Waals surface area contributed by atoms with E-state index in [9.17, 15) is 0 Å². The highest BCUT2D eigenvalue weighted by Gasteiger charge is 2.12. The molecule has 0 fully saturated rings. The van der Waals surface area contributed by atoms with Crippen LogP contribution in [0.15, 0.2) is 36.8 Å². The van der Waals surface area contributed by atoms with E-state index in [0.717, 1.165) is 29.0 Å². The molecule has 3 aromatic rings. The van der Waals surface area contributed by atoms with Crippen molar-refractivity contribution in [2.75, 3.05) is 18.5 Å². The quantitative estimate of drug-likeness (QED) is 0.554. The summed E-state index contributed by atoms with van der Waals surface area (Å²) < 4.78 is 2.00. The summed E-state index contributed by atoms with van der Waals surface area (Å²) in [5.41, 5.74) is 5.53. The van der Waals surface area contributed by atoms with Gasteiger partial charge in [-0.15, -0.1) is 0 Å². The van der Waals surface area contributed by atoms with Crippen molar-refractivity contribution in [2.45, 2.75) is 19.9 Å². The zero-order valence-electron chi connectivity index (χ0n) is 14.8. The van der Waals surface area contributed by atoms with E-state index in [1.807, 2.05) is 24.9 Å². The number of aryl methyl sites for hydroxylation is 2. The number of nitrogens with one attached hydrogen (secondary N) is 1. The van der Waals surface area contributed by atoms with E-state index < -0.39 is 0 Å². The fraction of sp³-hybridized carbons (Fsp3) is 0.316. The summed E-state index contributed by atoms with van der Waals surface area (Å²) in [7, 11) is 4.02. The minimum absolute atomic E-state index is 0.359. The van der Waals surface area contributed by atoms with E-state index in [1.165, 1.54) is 11.1 Å². The molecule has 128 valence electrons. The Kier molecular flexibility index (Phi) is 4.96. The smallest absolute Gasteiger partial charge is 0.134 e. The van der Waals surface area contributed by atoms with E-state index in [-0.39, 0.29) is 0 Å². The van der Waals surface area contributed by atoms with Crippen molar-refractivity contribution in [1.29, 1.82) is 5.26 Å². The van der Waals surface area contributed by atoms with Crippen LogP contribution in [0.3, 0.4) is 0 Å². The SMILES string of the molecule is CCc1cc(CNCC#N)ccc1N(C)c1cc2c(cn1)ncn2C. The molecule has 0 aliphatic rings. The zero-order chi connectivity index (χ0) is 17.8. The normalized spacial score (nSPS) is 10.8. The van der Waals surface area contributed by atoms with Crippen molar-refractivity contribution < 1.29 is 0 Å². The molecule has 0 aliphatic carbocycles. The summed E-state index contributed by atoms with van der Waals surface area (Å²) >= 11 is 0. The molecule has 3 rings (SSSR count). The summed E-state index contributed by atoms with van der Waals surface area (Å²) in [6.07, 6.45) is 4.54. The molecule has 6 nitrogen and oxygen atoms in total. The number of benzene rings is 1. The van der Waals surface area contributed by atoms with Crippen molar-refractivity contribution in [1.82, 2.24) is 19.9 Å². The van der Waals surface area contributed by atoms with Crippen LogP contribution in [-0.4, -0.2) is 28.1 Å². The monoisotopic (exact) mass is 334 g/mol. The van der Waals surface area contributed by atoms with Gasteiger partial charge in [-0.3, -0.25) is 0 Å². The average molecular weight is 334 g/mol. The molecule has 2 aromatic heterocycles. The fourth-order valence-electron chi connectivity index (χ4n) is 2.95. The third-order valence-corrected chi connectivity index (χ3v) is 4.36. The molecule has 0 unspecified atom stereocenters. The maximum atomic E-state index is 8.63. The van der Waals surface area contributed by atoms with Crippen LogP contribution in [0, 0.1) is 11.3 Å². The Labute approximate surface area is 147 Å². The second-order valence-corrected chi connectivity index (χ2v) is 6.02. The number of imidazole rings is 1. The van der Waals surface area contributed by atoms with Gasteiger partial charge in [-0.05, 0) is 23.6 Å². The predicted molar refractivity (Wildman–Crippen MR) is 99.7 cm³/mol. The van der Waals surface area contributed by atoms with Crippen LogP contribution in [-0.2, 0) is 20.0 Å². The van der Waals surface area contributed by atoms with Gasteiger partial charge in [-0.1, -0.05) is 19.1 Å². The lowest BCUT2D eigenvalue weighted by Gasteiger charge is -2.22. The first-order chi connectivity index (χ1) is 12.1. The number of rotatable bonds is 6. The highest BCUT2D eigenvalue weighted by atomic mass is 15.2. The highest BCUT2D eigenvalue weighted by molar-refractivity contribution is 5.79. The third kappa shape index (κ3) is 3.47. The van der Waals surface area contributed by atoms with Gasteiger partial charge in [0.05, 0.1) is 30.7 Å². The van der Waals surface area contributed by atoms with Crippen LogP contribution in [0.5, 0.6) is 0 Å². The van der Waals surface area contributed by atoms with E-state index in [1.54, 1.807) is 6.33 Å². The van der Waals surface area contributed by atoms with Crippen LogP contribution >= 0.6 is 0 Å². The number of anilines is 2. The van der Waals surface area contributed by atoms with Gasteiger partial charge < -0.3 is 14.8 Å². The van der Waals surface area contributed by atoms with Gasteiger partial charge in [0, 0.05) is 32.4 Å². The first-order valence-electron chi connectivity index (χ1n) is 8.34. The summed E-state index contributed by atoms with van der Waals surface area (Å²) in [6.45, 7) is 3.21. The minimum atomic E-state index is 0.359. The first kappa shape index (κ1) is 16.9. The molecular weight excluding hydrogens is 312 g/mol. The standard InChI is InChI=1S/C19H22N6/c1-4-15-9-14(11-21-8-7-20)5-6-17(15)25(3)19-10-18-16(12-22-19)23-13-24(18)2/h5-6,9-10,12-13,21H,4,8,11H2,1-3H3. The van der Waals surface area contributed by atoms with Crippen molar-refractivity contribution in [3.05, 3.63) is 47.9 Å². The maximum absolute atomic E-state index is 8.63. The molecule has 2 heterocycles. The number of aromatic nitrogens is 3. The Balaban J connectivity index is 1.90. The molecule has 0 spiro atoms. The van der Waals surface area contributed by atoms with Crippen molar-refractivity contribution in [3.8, 4) is 6.07 Å². The van der Waals surface area contributed by atoms with Crippen LogP contribution in [0.1, 0.15) is 18.1 Å². The topological polar surface area (TPSA) is 69.8 Å². The molecular formula is C19H22N6. The molecule has 0 aliphatic heterocycles. The number of nitrogens with zero attached hydrogens (tertiary/aromatic N) is 5. The molecule has 1 N–H and O–H groups in total. The molecule has 0 bridgehead atoms. The van der Waals surface area contributed by atoms with E-state index >= 15 is 0 Å². The lowest BCUT2D eigenvalue weighted by atomic mass is 10.1. The molecule has 0 radical (unpaired) electrons. The summed E-state index contributed by atoms with van der Waals surface area (Å²) in [4.78, 5) is 11.0. The Morgan fingerprint density at radius 2 is 2.12 bits per heavy atom. The van der Waals surface area contributed by atoms with Gasteiger partial charge in [0.2, 0.25) is 0 Å². The fourth-order valence-corrected chi connectivity index (χ4v) is 2.95.